The summed E-state index contributed by atoms with van der Waals surface area (Å²) < 4.78 is 11.6. The van der Waals surface area contributed by atoms with Crippen LogP contribution in [0, 0.1) is 0 Å². The lowest BCUT2D eigenvalue weighted by atomic mass is 10.00. The van der Waals surface area contributed by atoms with Crippen molar-refractivity contribution in [3.63, 3.8) is 0 Å². The molecule has 0 saturated carbocycles. The third-order valence-electron chi connectivity index (χ3n) is 7.71. The van der Waals surface area contributed by atoms with Crippen molar-refractivity contribution in [2.75, 3.05) is 30.5 Å². The van der Waals surface area contributed by atoms with Crippen LogP contribution >= 0.6 is 0 Å². The molecule has 234 valence electrons. The van der Waals surface area contributed by atoms with Gasteiger partial charge in [0.05, 0.1) is 13.7 Å². The standard InChI is InChI=1S/C39H38N2O5/c1-45-37-20-11-8-15-31(37)28-41(32-16-6-3-7-17-32)25-12-26-46-33-23-21-29(22-24-33)27-36(39(43)44)40-35-19-10-9-18-34(35)38(42)30-13-4-2-5-14-30/h2-11,13-24,36,40H,12,25-28H2,1H3,(H,43,44)/t36-/m0/s1. The SMILES string of the molecule is COc1ccccc1CN(CCCOc1ccc(C[C@H](Nc2ccccc2C(=O)c2ccccc2)C(=O)O)cc1)c1ccccc1. The Morgan fingerprint density at radius 3 is 2.15 bits per heavy atom. The lowest BCUT2D eigenvalue weighted by Gasteiger charge is -2.26. The van der Waals surface area contributed by atoms with Gasteiger partial charge in [0.2, 0.25) is 0 Å². The Morgan fingerprint density at radius 2 is 1.43 bits per heavy atom. The molecule has 1 atom stereocenters. The summed E-state index contributed by atoms with van der Waals surface area (Å²) in [4.78, 5) is 27.7. The molecule has 0 fully saturated rings. The van der Waals surface area contributed by atoms with Crippen molar-refractivity contribution < 1.29 is 24.2 Å². The number of anilines is 2. The highest BCUT2D eigenvalue weighted by molar-refractivity contribution is 6.12. The minimum Gasteiger partial charge on any atom is -0.496 e. The third-order valence-corrected chi connectivity index (χ3v) is 7.71. The van der Waals surface area contributed by atoms with E-state index >= 15 is 0 Å². The molecule has 7 heteroatoms. The number of nitrogens with one attached hydrogen (secondary N) is 1. The molecular weight excluding hydrogens is 576 g/mol. The molecule has 0 bridgehead atoms. The average Bonchev–Trinajstić information content (AvgIpc) is 3.10. The third kappa shape index (κ3) is 8.54. The number of carbonyl (C=O) groups excluding carboxylic acids is 1. The van der Waals surface area contributed by atoms with Gasteiger partial charge >= 0.3 is 5.97 Å². The van der Waals surface area contributed by atoms with Crippen molar-refractivity contribution in [2.45, 2.75) is 25.4 Å². The van der Waals surface area contributed by atoms with E-state index in [0.29, 0.717) is 30.0 Å². The Labute approximate surface area is 270 Å². The van der Waals surface area contributed by atoms with Crippen LogP contribution < -0.4 is 19.7 Å². The summed E-state index contributed by atoms with van der Waals surface area (Å²) in [5.74, 6) is 0.419. The van der Waals surface area contributed by atoms with Gasteiger partial charge in [-0.1, -0.05) is 91.0 Å². The van der Waals surface area contributed by atoms with Crippen molar-refractivity contribution >= 4 is 23.1 Å². The number of hydrogen-bond acceptors (Lipinski definition) is 6. The summed E-state index contributed by atoms with van der Waals surface area (Å²) in [6.45, 7) is 2.03. The van der Waals surface area contributed by atoms with E-state index in [1.165, 1.54) is 0 Å². The fourth-order valence-electron chi connectivity index (χ4n) is 5.32. The fourth-order valence-corrected chi connectivity index (χ4v) is 5.32. The monoisotopic (exact) mass is 614 g/mol. The van der Waals surface area contributed by atoms with Gasteiger partial charge in [0.15, 0.2) is 5.78 Å². The van der Waals surface area contributed by atoms with Crippen LogP contribution in [0.1, 0.15) is 33.5 Å². The Morgan fingerprint density at radius 1 is 0.783 bits per heavy atom. The summed E-state index contributed by atoms with van der Waals surface area (Å²) in [5.41, 5.74) is 4.54. The second kappa shape index (κ2) is 16.0. The number of methoxy groups -OCH3 is 1. The van der Waals surface area contributed by atoms with Gasteiger partial charge in [0.1, 0.15) is 17.5 Å². The maximum atomic E-state index is 13.1. The van der Waals surface area contributed by atoms with E-state index in [0.717, 1.165) is 41.3 Å². The quantitative estimate of drug-likeness (QED) is 0.0879. The maximum absolute atomic E-state index is 13.1. The van der Waals surface area contributed by atoms with E-state index in [-0.39, 0.29) is 12.2 Å². The van der Waals surface area contributed by atoms with Gasteiger partial charge in [-0.05, 0) is 54.4 Å². The average molecular weight is 615 g/mol. The van der Waals surface area contributed by atoms with Gasteiger partial charge in [-0.15, -0.1) is 0 Å². The lowest BCUT2D eigenvalue weighted by Crippen LogP contribution is -2.32. The van der Waals surface area contributed by atoms with Crippen LogP contribution in [-0.4, -0.2) is 43.2 Å². The predicted octanol–water partition coefficient (Wildman–Crippen LogP) is 7.51. The number of benzene rings is 5. The van der Waals surface area contributed by atoms with Gasteiger partial charge in [-0.25, -0.2) is 4.79 Å². The minimum absolute atomic E-state index is 0.166. The van der Waals surface area contributed by atoms with Crippen LogP contribution in [0.4, 0.5) is 11.4 Å². The van der Waals surface area contributed by atoms with E-state index < -0.39 is 12.0 Å². The first-order valence-electron chi connectivity index (χ1n) is 15.3. The molecule has 46 heavy (non-hydrogen) atoms. The second-order valence-corrected chi connectivity index (χ2v) is 10.9. The molecule has 5 rings (SSSR count). The van der Waals surface area contributed by atoms with E-state index in [4.69, 9.17) is 9.47 Å². The number of para-hydroxylation sites is 3. The van der Waals surface area contributed by atoms with Crippen molar-refractivity contribution in [3.05, 3.63) is 156 Å². The minimum atomic E-state index is -1.00. The topological polar surface area (TPSA) is 88.1 Å². The predicted molar refractivity (Wildman–Crippen MR) is 182 cm³/mol. The van der Waals surface area contributed by atoms with Gasteiger partial charge < -0.3 is 24.8 Å². The van der Waals surface area contributed by atoms with Crippen LogP contribution in [0.25, 0.3) is 0 Å². The van der Waals surface area contributed by atoms with Crippen molar-refractivity contribution in [2.24, 2.45) is 0 Å². The molecule has 0 spiro atoms. The molecule has 0 aliphatic rings. The van der Waals surface area contributed by atoms with Crippen LogP contribution in [0.5, 0.6) is 11.5 Å². The van der Waals surface area contributed by atoms with Crippen molar-refractivity contribution in [1.82, 2.24) is 0 Å². The van der Waals surface area contributed by atoms with Crippen LogP contribution in [0.2, 0.25) is 0 Å². The number of hydrogen-bond donors (Lipinski definition) is 2. The number of nitrogens with zero attached hydrogens (tertiary/aromatic N) is 1. The first-order valence-corrected chi connectivity index (χ1v) is 15.3. The Bertz CT molecular complexity index is 1710. The number of ketones is 1. The zero-order valence-corrected chi connectivity index (χ0v) is 25.8. The van der Waals surface area contributed by atoms with E-state index in [1.807, 2.05) is 66.7 Å². The second-order valence-electron chi connectivity index (χ2n) is 10.9. The van der Waals surface area contributed by atoms with Crippen molar-refractivity contribution in [3.8, 4) is 11.5 Å². The zero-order valence-electron chi connectivity index (χ0n) is 25.8. The molecule has 5 aromatic rings. The molecule has 7 nitrogen and oxygen atoms in total. The maximum Gasteiger partial charge on any atom is 0.326 e. The normalized spacial score (nSPS) is 11.3. The number of aliphatic carboxylic acids is 1. The summed E-state index contributed by atoms with van der Waals surface area (Å²) in [5, 5.41) is 13.1. The number of carbonyl (C=O) groups is 2. The van der Waals surface area contributed by atoms with Gasteiger partial charge in [-0.3, -0.25) is 4.79 Å². The molecule has 0 aliphatic carbocycles. The molecule has 0 radical (unpaired) electrons. The molecular formula is C39H38N2O5. The van der Waals surface area contributed by atoms with Crippen LogP contribution in [0.15, 0.2) is 133 Å². The molecule has 0 saturated heterocycles. The summed E-state index contributed by atoms with van der Waals surface area (Å²) in [7, 11) is 1.69. The smallest absolute Gasteiger partial charge is 0.326 e. The van der Waals surface area contributed by atoms with Gasteiger partial charge in [0, 0.05) is 47.6 Å². The highest BCUT2D eigenvalue weighted by atomic mass is 16.5. The summed E-state index contributed by atoms with van der Waals surface area (Å²) >= 11 is 0. The Hall–Kier alpha value is -5.56. The Kier molecular flexibility index (Phi) is 11.0. The van der Waals surface area contributed by atoms with Crippen molar-refractivity contribution in [1.29, 1.82) is 0 Å². The molecule has 5 aromatic carbocycles. The van der Waals surface area contributed by atoms with Crippen LogP contribution in [0.3, 0.4) is 0 Å². The van der Waals surface area contributed by atoms with Gasteiger partial charge in [0.25, 0.3) is 0 Å². The highest BCUT2D eigenvalue weighted by Gasteiger charge is 2.21. The van der Waals surface area contributed by atoms with Gasteiger partial charge in [-0.2, -0.15) is 0 Å². The largest absolute Gasteiger partial charge is 0.496 e. The van der Waals surface area contributed by atoms with E-state index in [1.54, 1.807) is 55.6 Å². The number of carboxylic acids is 1. The van der Waals surface area contributed by atoms with E-state index in [9.17, 15) is 14.7 Å². The molecule has 0 amide bonds. The van der Waals surface area contributed by atoms with Crippen LogP contribution in [-0.2, 0) is 17.8 Å². The summed E-state index contributed by atoms with van der Waals surface area (Å²) in [6, 6.07) is 40.9. The van der Waals surface area contributed by atoms with E-state index in [2.05, 4.69) is 28.4 Å². The lowest BCUT2D eigenvalue weighted by molar-refractivity contribution is -0.137. The zero-order chi connectivity index (χ0) is 32.1. The first kappa shape index (κ1) is 31.9. The molecule has 0 aromatic heterocycles. The first-order chi connectivity index (χ1) is 22.5. The number of rotatable bonds is 16. The molecule has 0 aliphatic heterocycles. The fraction of sp³-hybridized carbons (Fsp3) is 0.179. The molecule has 0 unspecified atom stereocenters. The molecule has 0 heterocycles. The highest BCUT2D eigenvalue weighted by Crippen LogP contribution is 2.24. The Balaban J connectivity index is 1.17. The summed E-state index contributed by atoms with van der Waals surface area (Å²) in [6.07, 6.45) is 1.04. The number of ether oxygens (including phenoxy) is 2. The molecule has 2 N–H and O–H groups in total. The number of carboxylic acid groups (broad SMARTS) is 1.